The Labute approximate surface area is 135 Å². The predicted molar refractivity (Wildman–Crippen MR) is 88.3 cm³/mol. The first-order valence-corrected chi connectivity index (χ1v) is 8.15. The lowest BCUT2D eigenvalue weighted by Crippen LogP contribution is -2.48. The van der Waals surface area contributed by atoms with E-state index in [1.54, 1.807) is 4.90 Å². The van der Waals surface area contributed by atoms with Gasteiger partial charge >= 0.3 is 5.97 Å². The molecule has 23 heavy (non-hydrogen) atoms. The van der Waals surface area contributed by atoms with Gasteiger partial charge in [-0.05, 0) is 50.3 Å². The van der Waals surface area contributed by atoms with Gasteiger partial charge in [-0.3, -0.25) is 4.79 Å². The van der Waals surface area contributed by atoms with Crippen LogP contribution in [-0.2, 0) is 16.0 Å². The van der Waals surface area contributed by atoms with Gasteiger partial charge in [0.1, 0.15) is 6.04 Å². The normalized spacial score (nSPS) is 18.3. The molecule has 0 spiro atoms. The molecule has 3 rings (SSSR count). The van der Waals surface area contributed by atoms with Gasteiger partial charge in [0.05, 0.1) is 0 Å². The van der Waals surface area contributed by atoms with Crippen LogP contribution in [0.25, 0.3) is 10.9 Å². The highest BCUT2D eigenvalue weighted by Crippen LogP contribution is 2.23. The lowest BCUT2D eigenvalue weighted by Gasteiger charge is -2.33. The number of aryl methyl sites for hydroxylation is 2. The van der Waals surface area contributed by atoms with Gasteiger partial charge < -0.3 is 15.0 Å². The molecule has 1 aromatic heterocycles. The lowest BCUT2D eigenvalue weighted by atomic mass is 10.0. The summed E-state index contributed by atoms with van der Waals surface area (Å²) in [6, 6.07) is 5.56. The highest BCUT2D eigenvalue weighted by atomic mass is 16.4. The van der Waals surface area contributed by atoms with Crippen molar-refractivity contribution in [2.24, 2.45) is 0 Å². The molecule has 1 saturated heterocycles. The highest BCUT2D eigenvalue weighted by molar-refractivity contribution is 5.86. The van der Waals surface area contributed by atoms with E-state index in [2.05, 4.69) is 17.1 Å². The first kappa shape index (κ1) is 15.6. The number of carbonyl (C=O) groups excluding carboxylic acids is 1. The quantitative estimate of drug-likeness (QED) is 0.911. The third-order valence-corrected chi connectivity index (χ3v) is 4.64. The summed E-state index contributed by atoms with van der Waals surface area (Å²) < 4.78 is 0. The van der Waals surface area contributed by atoms with E-state index in [0.717, 1.165) is 29.3 Å². The molecule has 2 aromatic rings. The molecule has 2 N–H and O–H groups in total. The molecule has 0 aliphatic carbocycles. The second-order valence-corrected chi connectivity index (χ2v) is 6.30. The van der Waals surface area contributed by atoms with Crippen molar-refractivity contribution in [1.29, 1.82) is 0 Å². The molecule has 1 atom stereocenters. The van der Waals surface area contributed by atoms with E-state index >= 15 is 0 Å². The van der Waals surface area contributed by atoms with Crippen molar-refractivity contribution in [3.05, 3.63) is 35.5 Å². The van der Waals surface area contributed by atoms with Crippen LogP contribution in [0.5, 0.6) is 0 Å². The van der Waals surface area contributed by atoms with Crippen molar-refractivity contribution >= 4 is 22.8 Å². The zero-order valence-electron chi connectivity index (χ0n) is 13.3. The maximum Gasteiger partial charge on any atom is 0.326 e. The van der Waals surface area contributed by atoms with Crippen molar-refractivity contribution in [2.75, 3.05) is 6.54 Å². The maximum absolute atomic E-state index is 12.5. The second kappa shape index (κ2) is 6.44. The molecule has 1 aromatic carbocycles. The van der Waals surface area contributed by atoms with E-state index < -0.39 is 12.0 Å². The fraction of sp³-hybridized carbons (Fsp3) is 0.444. The number of rotatable bonds is 4. The fourth-order valence-electron chi connectivity index (χ4n) is 3.37. The Kier molecular flexibility index (Phi) is 4.37. The first-order chi connectivity index (χ1) is 11.1. The number of nitrogens with zero attached hydrogens (tertiary/aromatic N) is 1. The number of H-pyrrole nitrogens is 1. The molecule has 5 heteroatoms. The van der Waals surface area contributed by atoms with Crippen LogP contribution in [-0.4, -0.2) is 39.5 Å². The Bertz CT molecular complexity index is 735. The number of carbonyl (C=O) groups is 2. The number of hydrogen-bond donors (Lipinski definition) is 2. The van der Waals surface area contributed by atoms with E-state index in [1.807, 2.05) is 19.2 Å². The first-order valence-electron chi connectivity index (χ1n) is 8.15. The second-order valence-electron chi connectivity index (χ2n) is 6.30. The van der Waals surface area contributed by atoms with Gasteiger partial charge in [-0.15, -0.1) is 0 Å². The molecule has 1 aliphatic heterocycles. The van der Waals surface area contributed by atoms with Gasteiger partial charge in [0.2, 0.25) is 5.91 Å². The zero-order chi connectivity index (χ0) is 16.4. The van der Waals surface area contributed by atoms with Crippen LogP contribution < -0.4 is 0 Å². The summed E-state index contributed by atoms with van der Waals surface area (Å²) in [4.78, 5) is 28.6. The van der Waals surface area contributed by atoms with Crippen molar-refractivity contribution in [2.45, 2.75) is 45.1 Å². The topological polar surface area (TPSA) is 73.4 Å². The van der Waals surface area contributed by atoms with Gasteiger partial charge in [0.25, 0.3) is 0 Å². The number of carboxylic acid groups (broad SMARTS) is 1. The summed E-state index contributed by atoms with van der Waals surface area (Å²) in [5.41, 5.74) is 3.37. The van der Waals surface area contributed by atoms with Gasteiger partial charge in [-0.25, -0.2) is 4.79 Å². The maximum atomic E-state index is 12.5. The fourth-order valence-corrected chi connectivity index (χ4v) is 3.37. The van der Waals surface area contributed by atoms with Crippen molar-refractivity contribution in [1.82, 2.24) is 9.88 Å². The van der Waals surface area contributed by atoms with E-state index in [4.69, 9.17) is 0 Å². The van der Waals surface area contributed by atoms with Crippen LogP contribution in [0.3, 0.4) is 0 Å². The highest BCUT2D eigenvalue weighted by Gasteiger charge is 2.31. The van der Waals surface area contributed by atoms with E-state index in [0.29, 0.717) is 25.8 Å². The van der Waals surface area contributed by atoms with Crippen molar-refractivity contribution < 1.29 is 14.7 Å². The van der Waals surface area contributed by atoms with Gasteiger partial charge in [0.15, 0.2) is 0 Å². The number of carboxylic acids is 1. The molecular weight excluding hydrogens is 292 g/mol. The third kappa shape index (κ3) is 3.23. The summed E-state index contributed by atoms with van der Waals surface area (Å²) in [6.45, 7) is 2.61. The monoisotopic (exact) mass is 314 g/mol. The molecule has 1 aliphatic rings. The number of aliphatic carboxylic acids is 1. The molecule has 122 valence electrons. The Morgan fingerprint density at radius 3 is 2.96 bits per heavy atom. The van der Waals surface area contributed by atoms with Crippen LogP contribution in [0, 0.1) is 6.92 Å². The van der Waals surface area contributed by atoms with E-state index in [-0.39, 0.29) is 5.91 Å². The smallest absolute Gasteiger partial charge is 0.326 e. The summed E-state index contributed by atoms with van der Waals surface area (Å²) in [5, 5.41) is 10.4. The number of fused-ring (bicyclic) bond motifs is 1. The molecule has 0 radical (unpaired) electrons. The molecule has 1 fully saturated rings. The van der Waals surface area contributed by atoms with Gasteiger partial charge in [-0.1, -0.05) is 11.6 Å². The van der Waals surface area contributed by atoms with E-state index in [9.17, 15) is 14.7 Å². The molecule has 5 nitrogen and oxygen atoms in total. The lowest BCUT2D eigenvalue weighted by molar-refractivity contribution is -0.152. The minimum Gasteiger partial charge on any atom is -0.480 e. The van der Waals surface area contributed by atoms with Gasteiger partial charge in [0, 0.05) is 30.1 Å². The van der Waals surface area contributed by atoms with Crippen molar-refractivity contribution in [3.8, 4) is 0 Å². The van der Waals surface area contributed by atoms with Gasteiger partial charge in [-0.2, -0.15) is 0 Å². The predicted octanol–water partition coefficient (Wildman–Crippen LogP) is 2.87. The number of amides is 1. The standard InChI is InChI=1S/C18H22N2O3/c1-12-5-7-15-14(10-12)13(11-19-15)6-8-17(21)20-9-3-2-4-16(20)18(22)23/h5,7,10-11,16,19H,2-4,6,8-9H2,1H3,(H,22,23)/t16-/m1/s1. The molecule has 2 heterocycles. The number of hydrogen-bond acceptors (Lipinski definition) is 2. The largest absolute Gasteiger partial charge is 0.480 e. The summed E-state index contributed by atoms with van der Waals surface area (Å²) in [5.74, 6) is -0.945. The SMILES string of the molecule is Cc1ccc2[nH]cc(CCC(=O)N3CCCC[C@@H]3C(=O)O)c2c1. The Hall–Kier alpha value is -2.30. The number of likely N-dealkylation sites (tertiary alicyclic amines) is 1. The number of aromatic amines is 1. The van der Waals surface area contributed by atoms with E-state index in [1.165, 1.54) is 5.56 Å². The summed E-state index contributed by atoms with van der Waals surface area (Å²) in [7, 11) is 0. The Morgan fingerprint density at radius 1 is 1.35 bits per heavy atom. The average molecular weight is 314 g/mol. The minimum atomic E-state index is -0.888. The molecule has 0 saturated carbocycles. The Balaban J connectivity index is 1.70. The zero-order valence-corrected chi connectivity index (χ0v) is 13.3. The molecular formula is C18H22N2O3. The Morgan fingerprint density at radius 2 is 2.17 bits per heavy atom. The third-order valence-electron chi connectivity index (χ3n) is 4.64. The number of nitrogens with one attached hydrogen (secondary N) is 1. The van der Waals surface area contributed by atoms with Crippen LogP contribution >= 0.6 is 0 Å². The number of piperidine rings is 1. The number of aromatic nitrogens is 1. The average Bonchev–Trinajstić information content (AvgIpc) is 2.94. The summed E-state index contributed by atoms with van der Waals surface area (Å²) >= 11 is 0. The van der Waals surface area contributed by atoms with Crippen LogP contribution in [0.2, 0.25) is 0 Å². The van der Waals surface area contributed by atoms with Crippen LogP contribution in [0.1, 0.15) is 36.8 Å². The number of benzene rings is 1. The van der Waals surface area contributed by atoms with Crippen LogP contribution in [0.4, 0.5) is 0 Å². The molecule has 0 unspecified atom stereocenters. The van der Waals surface area contributed by atoms with Crippen molar-refractivity contribution in [3.63, 3.8) is 0 Å². The minimum absolute atomic E-state index is 0.0564. The molecule has 1 amide bonds. The van der Waals surface area contributed by atoms with Crippen LogP contribution in [0.15, 0.2) is 24.4 Å². The molecule has 0 bridgehead atoms. The summed E-state index contributed by atoms with van der Waals surface area (Å²) in [6.07, 6.45) is 5.26.